The Bertz CT molecular complexity index is 275. The van der Waals surface area contributed by atoms with E-state index in [1.165, 1.54) is 0 Å². The van der Waals surface area contributed by atoms with Crippen molar-refractivity contribution in [1.29, 1.82) is 0 Å². The smallest absolute Gasteiger partial charge is 0.262 e. The molecular weight excluding hydrogens is 158 g/mol. The SMILES string of the molecule is CC(C)Oc1nnnc(N)c1N. The first-order chi connectivity index (χ1) is 5.61. The minimum atomic E-state index is -0.0107. The molecule has 1 heterocycles. The van der Waals surface area contributed by atoms with Gasteiger partial charge >= 0.3 is 0 Å². The lowest BCUT2D eigenvalue weighted by molar-refractivity contribution is 0.230. The van der Waals surface area contributed by atoms with Gasteiger partial charge in [-0.1, -0.05) is 5.10 Å². The highest BCUT2D eigenvalue weighted by atomic mass is 16.5. The minimum Gasteiger partial charge on any atom is -0.472 e. The van der Waals surface area contributed by atoms with Gasteiger partial charge in [0.25, 0.3) is 5.88 Å². The summed E-state index contributed by atoms with van der Waals surface area (Å²) >= 11 is 0. The summed E-state index contributed by atoms with van der Waals surface area (Å²) in [4.78, 5) is 0. The molecule has 1 aromatic rings. The Kier molecular flexibility index (Phi) is 2.27. The van der Waals surface area contributed by atoms with Gasteiger partial charge in [0.05, 0.1) is 6.10 Å². The summed E-state index contributed by atoms with van der Waals surface area (Å²) in [6.07, 6.45) is -0.0107. The molecule has 0 aliphatic rings. The van der Waals surface area contributed by atoms with Crippen molar-refractivity contribution in [3.8, 4) is 5.88 Å². The molecule has 0 aromatic carbocycles. The highest BCUT2D eigenvalue weighted by molar-refractivity contribution is 5.62. The zero-order valence-corrected chi connectivity index (χ0v) is 6.98. The Morgan fingerprint density at radius 3 is 2.50 bits per heavy atom. The number of rotatable bonds is 2. The molecule has 12 heavy (non-hydrogen) atoms. The molecule has 0 fully saturated rings. The average Bonchev–Trinajstić information content (AvgIpc) is 1.98. The van der Waals surface area contributed by atoms with Crippen LogP contribution in [0.3, 0.4) is 0 Å². The first kappa shape index (κ1) is 8.51. The zero-order chi connectivity index (χ0) is 9.14. The molecule has 0 atom stereocenters. The lowest BCUT2D eigenvalue weighted by Gasteiger charge is -2.09. The molecular formula is C6H11N5O. The number of anilines is 2. The van der Waals surface area contributed by atoms with Gasteiger partial charge in [-0.3, -0.25) is 0 Å². The molecule has 6 nitrogen and oxygen atoms in total. The lowest BCUT2D eigenvalue weighted by atomic mass is 10.4. The monoisotopic (exact) mass is 169 g/mol. The van der Waals surface area contributed by atoms with Crippen molar-refractivity contribution in [3.05, 3.63) is 0 Å². The molecule has 1 aromatic heterocycles. The predicted molar refractivity (Wildman–Crippen MR) is 44.4 cm³/mol. The summed E-state index contributed by atoms with van der Waals surface area (Å²) in [5.41, 5.74) is 11.1. The Balaban J connectivity index is 2.92. The molecule has 6 heteroatoms. The van der Waals surface area contributed by atoms with Crippen molar-refractivity contribution < 1.29 is 4.74 Å². The maximum absolute atomic E-state index is 5.52. The number of hydrogen-bond acceptors (Lipinski definition) is 6. The van der Waals surface area contributed by atoms with Crippen LogP contribution in [0.2, 0.25) is 0 Å². The van der Waals surface area contributed by atoms with E-state index in [1.54, 1.807) is 0 Å². The van der Waals surface area contributed by atoms with E-state index < -0.39 is 0 Å². The molecule has 4 N–H and O–H groups in total. The summed E-state index contributed by atoms with van der Waals surface area (Å²) in [7, 11) is 0. The predicted octanol–water partition coefficient (Wildman–Crippen LogP) is -0.177. The van der Waals surface area contributed by atoms with Crippen LogP contribution in [0, 0.1) is 0 Å². The van der Waals surface area contributed by atoms with Crippen LogP contribution in [0.4, 0.5) is 11.5 Å². The van der Waals surface area contributed by atoms with Gasteiger partial charge in [-0.25, -0.2) is 0 Å². The summed E-state index contributed by atoms with van der Waals surface area (Å²) in [6.45, 7) is 3.72. The van der Waals surface area contributed by atoms with Gasteiger partial charge in [-0.05, 0) is 19.1 Å². The maximum Gasteiger partial charge on any atom is 0.262 e. The van der Waals surface area contributed by atoms with Crippen LogP contribution in [-0.4, -0.2) is 21.5 Å². The van der Waals surface area contributed by atoms with Crippen LogP contribution in [0.5, 0.6) is 5.88 Å². The van der Waals surface area contributed by atoms with Crippen molar-refractivity contribution in [2.45, 2.75) is 20.0 Å². The van der Waals surface area contributed by atoms with E-state index in [1.807, 2.05) is 13.8 Å². The largest absolute Gasteiger partial charge is 0.472 e. The molecule has 0 saturated carbocycles. The number of nitrogens with two attached hydrogens (primary N) is 2. The third-order valence-corrected chi connectivity index (χ3v) is 1.14. The van der Waals surface area contributed by atoms with Gasteiger partial charge in [0, 0.05) is 0 Å². The van der Waals surface area contributed by atoms with Crippen LogP contribution < -0.4 is 16.2 Å². The fourth-order valence-electron chi connectivity index (χ4n) is 0.639. The van der Waals surface area contributed by atoms with Gasteiger partial charge in [0.15, 0.2) is 5.82 Å². The highest BCUT2D eigenvalue weighted by Gasteiger charge is 2.08. The third kappa shape index (κ3) is 1.71. The summed E-state index contributed by atoms with van der Waals surface area (Å²) in [6, 6.07) is 0. The van der Waals surface area contributed by atoms with Gasteiger partial charge < -0.3 is 16.2 Å². The molecule has 0 aliphatic carbocycles. The molecule has 66 valence electrons. The van der Waals surface area contributed by atoms with Crippen LogP contribution in [0.1, 0.15) is 13.8 Å². The Hall–Kier alpha value is -1.59. The minimum absolute atomic E-state index is 0.0107. The average molecular weight is 169 g/mol. The van der Waals surface area contributed by atoms with Gasteiger partial charge in [0.1, 0.15) is 5.69 Å². The fraction of sp³-hybridized carbons (Fsp3) is 0.500. The second-order valence-electron chi connectivity index (χ2n) is 2.56. The van der Waals surface area contributed by atoms with Crippen molar-refractivity contribution in [1.82, 2.24) is 15.4 Å². The summed E-state index contributed by atoms with van der Waals surface area (Å²) in [5.74, 6) is 0.373. The van der Waals surface area contributed by atoms with Crippen LogP contribution in [-0.2, 0) is 0 Å². The van der Waals surface area contributed by atoms with Crippen molar-refractivity contribution in [2.75, 3.05) is 11.5 Å². The second-order valence-corrected chi connectivity index (χ2v) is 2.56. The molecule has 0 radical (unpaired) electrons. The van der Waals surface area contributed by atoms with Crippen molar-refractivity contribution >= 4 is 11.5 Å². The molecule has 1 rings (SSSR count). The fourth-order valence-corrected chi connectivity index (χ4v) is 0.639. The van der Waals surface area contributed by atoms with Gasteiger partial charge in [0.2, 0.25) is 0 Å². The van der Waals surface area contributed by atoms with E-state index in [-0.39, 0.29) is 23.5 Å². The number of hydrogen-bond donors (Lipinski definition) is 2. The third-order valence-electron chi connectivity index (χ3n) is 1.14. The summed E-state index contributed by atoms with van der Waals surface area (Å²) < 4.78 is 5.21. The molecule has 0 aliphatic heterocycles. The highest BCUT2D eigenvalue weighted by Crippen LogP contribution is 2.21. The number of nitrogen functional groups attached to an aromatic ring is 2. The Morgan fingerprint density at radius 2 is 1.92 bits per heavy atom. The van der Waals surface area contributed by atoms with Gasteiger partial charge in [-0.15, -0.1) is 5.10 Å². The van der Waals surface area contributed by atoms with E-state index in [9.17, 15) is 0 Å². The number of aromatic nitrogens is 3. The lowest BCUT2D eigenvalue weighted by Crippen LogP contribution is -2.12. The van der Waals surface area contributed by atoms with Crippen LogP contribution >= 0.6 is 0 Å². The van der Waals surface area contributed by atoms with Crippen molar-refractivity contribution in [2.24, 2.45) is 0 Å². The second kappa shape index (κ2) is 3.21. The standard InChI is InChI=1S/C6H11N5O/c1-3(2)12-6-4(7)5(8)9-11-10-6/h3H,1-2H3,(H2,7,11)(H2,8,9,10). The molecule has 0 amide bonds. The number of ether oxygens (including phenoxy) is 1. The van der Waals surface area contributed by atoms with Gasteiger partial charge in [-0.2, -0.15) is 0 Å². The van der Waals surface area contributed by atoms with Crippen LogP contribution in [0.15, 0.2) is 0 Å². The Morgan fingerprint density at radius 1 is 1.25 bits per heavy atom. The van der Waals surface area contributed by atoms with Crippen LogP contribution in [0.25, 0.3) is 0 Å². The zero-order valence-electron chi connectivity index (χ0n) is 6.98. The molecule has 0 bridgehead atoms. The van der Waals surface area contributed by atoms with E-state index in [4.69, 9.17) is 16.2 Å². The molecule has 0 unspecified atom stereocenters. The van der Waals surface area contributed by atoms with Crippen molar-refractivity contribution in [3.63, 3.8) is 0 Å². The first-order valence-electron chi connectivity index (χ1n) is 3.52. The topological polar surface area (TPSA) is 99.9 Å². The number of nitrogens with zero attached hydrogens (tertiary/aromatic N) is 3. The maximum atomic E-state index is 5.52. The first-order valence-corrected chi connectivity index (χ1v) is 3.52. The van der Waals surface area contributed by atoms with E-state index in [0.717, 1.165) is 0 Å². The van der Waals surface area contributed by atoms with E-state index in [0.29, 0.717) is 0 Å². The Labute approximate surface area is 69.9 Å². The molecule has 0 saturated heterocycles. The van der Waals surface area contributed by atoms with E-state index in [2.05, 4.69) is 15.4 Å². The molecule has 0 spiro atoms. The summed E-state index contributed by atoms with van der Waals surface area (Å²) in [5, 5.41) is 10.4. The normalized spacial score (nSPS) is 10.2. The van der Waals surface area contributed by atoms with E-state index >= 15 is 0 Å². The quantitative estimate of drug-likeness (QED) is 0.637.